The van der Waals surface area contributed by atoms with E-state index in [0.717, 1.165) is 23.8 Å². The molecule has 1 N–H and O–H groups in total. The highest BCUT2D eigenvalue weighted by molar-refractivity contribution is 5.99. The summed E-state index contributed by atoms with van der Waals surface area (Å²) in [6, 6.07) is 9.52. The monoisotopic (exact) mass is 550 g/mol. The Kier molecular flexibility index (Phi) is 11.8. The van der Waals surface area contributed by atoms with Gasteiger partial charge >= 0.3 is 11.6 Å². The van der Waals surface area contributed by atoms with Gasteiger partial charge in [-0.3, -0.25) is 9.59 Å². The third-order valence-electron chi connectivity index (χ3n) is 7.26. The first-order chi connectivity index (χ1) is 19.2. The maximum absolute atomic E-state index is 13.2. The molecule has 2 heterocycles. The number of methoxy groups -OCH3 is 1. The average Bonchev–Trinajstić information content (AvgIpc) is 3.33. The Morgan fingerprint density at radius 1 is 1.02 bits per heavy atom. The second kappa shape index (κ2) is 15.2. The topological polar surface area (TPSA) is 107 Å². The van der Waals surface area contributed by atoms with E-state index in [-0.39, 0.29) is 23.2 Å². The summed E-state index contributed by atoms with van der Waals surface area (Å²) in [4.78, 5) is 37.1. The zero-order valence-electron chi connectivity index (χ0n) is 24.2. The Hall–Kier alpha value is -3.61. The first-order valence-corrected chi connectivity index (χ1v) is 14.4. The fraction of sp³-hybridized carbons (Fsp3) is 0.485. The molecule has 0 aliphatic carbocycles. The lowest BCUT2D eigenvalue weighted by atomic mass is 9.94. The van der Waals surface area contributed by atoms with Crippen molar-refractivity contribution in [3.8, 4) is 5.75 Å². The van der Waals surface area contributed by atoms with Crippen LogP contribution in [0.3, 0.4) is 0 Å². The largest absolute Gasteiger partial charge is 0.507 e. The summed E-state index contributed by atoms with van der Waals surface area (Å²) >= 11 is 0. The van der Waals surface area contributed by atoms with Gasteiger partial charge in [-0.2, -0.15) is 0 Å². The molecule has 2 aromatic heterocycles. The van der Waals surface area contributed by atoms with E-state index in [2.05, 4.69) is 23.8 Å². The Morgan fingerprint density at radius 2 is 1.80 bits per heavy atom. The molecule has 0 saturated carbocycles. The molecule has 0 fully saturated rings. The maximum atomic E-state index is 13.2. The Labute approximate surface area is 236 Å². The Balaban J connectivity index is 1.60. The van der Waals surface area contributed by atoms with Crippen molar-refractivity contribution >= 4 is 22.7 Å². The van der Waals surface area contributed by atoms with Crippen molar-refractivity contribution in [3.05, 3.63) is 75.6 Å². The lowest BCUT2D eigenvalue weighted by Gasteiger charge is -2.13. The van der Waals surface area contributed by atoms with Crippen LogP contribution in [-0.2, 0) is 22.4 Å². The normalized spacial score (nSPS) is 13.1. The van der Waals surface area contributed by atoms with Crippen molar-refractivity contribution in [1.29, 1.82) is 0 Å². The fourth-order valence-electron chi connectivity index (χ4n) is 4.80. The van der Waals surface area contributed by atoms with E-state index in [1.165, 1.54) is 38.0 Å². The minimum atomic E-state index is -0.829. The zero-order chi connectivity index (χ0) is 29.1. The molecule has 0 saturated heterocycles. The van der Waals surface area contributed by atoms with Crippen LogP contribution < -0.4 is 5.63 Å². The van der Waals surface area contributed by atoms with E-state index in [9.17, 15) is 19.5 Å². The molecule has 1 unspecified atom stereocenters. The molecule has 0 bridgehead atoms. The average molecular weight is 551 g/mol. The predicted molar refractivity (Wildman–Crippen MR) is 156 cm³/mol. The van der Waals surface area contributed by atoms with Gasteiger partial charge in [-0.15, -0.1) is 0 Å². The van der Waals surface area contributed by atoms with Gasteiger partial charge in [0.25, 0.3) is 0 Å². The van der Waals surface area contributed by atoms with Gasteiger partial charge in [0, 0.05) is 36.1 Å². The van der Waals surface area contributed by atoms with Crippen LogP contribution >= 0.6 is 0 Å². The van der Waals surface area contributed by atoms with Crippen molar-refractivity contribution in [1.82, 2.24) is 0 Å². The van der Waals surface area contributed by atoms with Gasteiger partial charge < -0.3 is 18.7 Å². The second-order valence-corrected chi connectivity index (χ2v) is 10.6. The van der Waals surface area contributed by atoms with Gasteiger partial charge in [0.15, 0.2) is 5.78 Å². The number of fused-ring (bicyclic) bond motifs is 1. The number of rotatable bonds is 16. The summed E-state index contributed by atoms with van der Waals surface area (Å²) in [6.45, 7) is 5.81. The molecule has 0 spiro atoms. The summed E-state index contributed by atoms with van der Waals surface area (Å²) in [5.41, 5.74) is 0.888. The van der Waals surface area contributed by atoms with E-state index < -0.39 is 17.3 Å². The molecule has 0 aliphatic rings. The Morgan fingerprint density at radius 3 is 2.52 bits per heavy atom. The number of carbonyl (C=O) groups is 2. The van der Waals surface area contributed by atoms with Crippen LogP contribution in [0.2, 0.25) is 0 Å². The molecule has 0 amide bonds. The summed E-state index contributed by atoms with van der Waals surface area (Å²) < 4.78 is 16.0. The number of unbranched alkanes of at least 4 members (excludes halogenated alkanes) is 3. The molecule has 0 radical (unpaired) electrons. The highest BCUT2D eigenvalue weighted by Crippen LogP contribution is 2.28. The number of esters is 1. The number of benzene rings is 1. The number of allylic oxidation sites excluding steroid dienone is 2. The lowest BCUT2D eigenvalue weighted by Crippen LogP contribution is -2.22. The van der Waals surface area contributed by atoms with Crippen LogP contribution in [-0.4, -0.2) is 24.0 Å². The first kappa shape index (κ1) is 30.9. The van der Waals surface area contributed by atoms with E-state index >= 15 is 0 Å². The van der Waals surface area contributed by atoms with Gasteiger partial charge in [0.2, 0.25) is 0 Å². The predicted octanol–water partition coefficient (Wildman–Crippen LogP) is 7.67. The van der Waals surface area contributed by atoms with Crippen molar-refractivity contribution in [3.63, 3.8) is 0 Å². The molecule has 40 heavy (non-hydrogen) atoms. The summed E-state index contributed by atoms with van der Waals surface area (Å²) in [5, 5.41) is 11.6. The molecule has 1 aromatic carbocycles. The standard InChI is InChI=1S/C33H42O7/c1-5-6-7-11-14-24-16-17-28-25(19-24)20-26(39-28)18-23(3)32(36)31-27(34)21-29(40-33(31)37)22(2)13-10-8-9-12-15-30(35)38-4/h8-9,16-17,19-23,34H,5-7,10-15,18H2,1-4H3/b9-8+/t22-,23?/m1/s1. The van der Waals surface area contributed by atoms with Gasteiger partial charge in [-0.05, 0) is 55.9 Å². The zero-order valence-corrected chi connectivity index (χ0v) is 24.2. The van der Waals surface area contributed by atoms with E-state index in [1.54, 1.807) is 6.92 Å². The van der Waals surface area contributed by atoms with E-state index in [0.29, 0.717) is 43.6 Å². The molecule has 3 rings (SSSR count). The molecule has 2 atom stereocenters. The van der Waals surface area contributed by atoms with Crippen LogP contribution in [0.4, 0.5) is 0 Å². The van der Waals surface area contributed by atoms with E-state index in [1.807, 2.05) is 31.2 Å². The van der Waals surface area contributed by atoms with Crippen LogP contribution in [0.1, 0.15) is 105 Å². The Bertz CT molecular complexity index is 1360. The number of ketones is 1. The number of ether oxygens (including phenoxy) is 1. The second-order valence-electron chi connectivity index (χ2n) is 10.6. The van der Waals surface area contributed by atoms with Crippen molar-refractivity contribution < 1.29 is 28.3 Å². The minimum absolute atomic E-state index is 0.141. The highest BCUT2D eigenvalue weighted by atomic mass is 16.5. The lowest BCUT2D eigenvalue weighted by molar-refractivity contribution is -0.140. The third kappa shape index (κ3) is 8.70. The smallest absolute Gasteiger partial charge is 0.350 e. The van der Waals surface area contributed by atoms with E-state index in [4.69, 9.17) is 8.83 Å². The minimum Gasteiger partial charge on any atom is -0.507 e. The number of hydrogen-bond donors (Lipinski definition) is 1. The van der Waals surface area contributed by atoms with Crippen molar-refractivity contribution in [2.45, 2.75) is 90.9 Å². The quantitative estimate of drug-likeness (QED) is 0.0844. The van der Waals surface area contributed by atoms with Crippen molar-refractivity contribution in [2.75, 3.05) is 7.11 Å². The summed E-state index contributed by atoms with van der Waals surface area (Å²) in [6.07, 6.45) is 12.4. The van der Waals surface area contributed by atoms with Gasteiger partial charge in [-0.1, -0.05) is 58.3 Å². The van der Waals surface area contributed by atoms with Crippen LogP contribution in [0.5, 0.6) is 5.75 Å². The first-order valence-electron chi connectivity index (χ1n) is 14.4. The number of carbonyl (C=O) groups excluding carboxylic acids is 2. The molecular formula is C33H42O7. The third-order valence-corrected chi connectivity index (χ3v) is 7.26. The molecule has 3 aromatic rings. The molecule has 7 heteroatoms. The fourth-order valence-corrected chi connectivity index (χ4v) is 4.80. The highest BCUT2D eigenvalue weighted by Gasteiger charge is 2.26. The van der Waals surface area contributed by atoms with Crippen molar-refractivity contribution in [2.24, 2.45) is 5.92 Å². The summed E-state index contributed by atoms with van der Waals surface area (Å²) in [5.74, 6) is -0.820. The number of aryl methyl sites for hydroxylation is 1. The van der Waals surface area contributed by atoms with Gasteiger partial charge in [0.1, 0.15) is 28.4 Å². The van der Waals surface area contributed by atoms with Crippen LogP contribution in [0.15, 0.2) is 56.1 Å². The SMILES string of the molecule is CCCCCCc1ccc2oc(CC(C)C(=O)c3c(O)cc([C@H](C)CC/C=C/CCC(=O)OC)oc3=O)cc2c1. The molecule has 216 valence electrons. The van der Waals surface area contributed by atoms with Gasteiger partial charge in [0.05, 0.1) is 7.11 Å². The summed E-state index contributed by atoms with van der Waals surface area (Å²) in [7, 11) is 1.36. The maximum Gasteiger partial charge on any atom is 0.350 e. The molecule has 7 nitrogen and oxygen atoms in total. The van der Waals surface area contributed by atoms with Crippen LogP contribution in [0.25, 0.3) is 11.0 Å². The number of aromatic hydroxyl groups is 1. The number of furan rings is 1. The molecular weight excluding hydrogens is 508 g/mol. The van der Waals surface area contributed by atoms with Gasteiger partial charge in [-0.25, -0.2) is 4.79 Å². The number of Topliss-reactive ketones (excluding diaryl/α,β-unsaturated/α-hetero) is 1. The number of hydrogen-bond acceptors (Lipinski definition) is 7. The molecule has 0 aliphatic heterocycles. The van der Waals surface area contributed by atoms with Crippen LogP contribution in [0, 0.1) is 5.92 Å².